The van der Waals surface area contributed by atoms with Crippen molar-refractivity contribution in [2.45, 2.75) is 31.2 Å². The molecular formula is C14H20N4O2S. The minimum Gasteiger partial charge on any atom is -0.382 e. The lowest BCUT2D eigenvalue weighted by Gasteiger charge is -2.12. The van der Waals surface area contributed by atoms with Crippen LogP contribution in [-0.2, 0) is 16.4 Å². The molecule has 1 aromatic carbocycles. The van der Waals surface area contributed by atoms with E-state index in [0.717, 1.165) is 5.82 Å². The predicted molar refractivity (Wildman–Crippen MR) is 82.2 cm³/mol. The second-order valence-corrected chi connectivity index (χ2v) is 7.22. The molecule has 6 nitrogen and oxygen atoms in total. The largest absolute Gasteiger partial charge is 0.382 e. The van der Waals surface area contributed by atoms with Crippen LogP contribution < -0.4 is 5.32 Å². The second-order valence-electron chi connectivity index (χ2n) is 5.23. The Morgan fingerprint density at radius 3 is 2.67 bits per heavy atom. The molecule has 1 heterocycles. The summed E-state index contributed by atoms with van der Waals surface area (Å²) in [6, 6.07) is 6.91. The van der Waals surface area contributed by atoms with Gasteiger partial charge in [-0.1, -0.05) is 26.0 Å². The van der Waals surface area contributed by atoms with E-state index in [1.54, 1.807) is 24.5 Å². The Morgan fingerprint density at radius 1 is 1.29 bits per heavy atom. The molecule has 0 unspecified atom stereocenters. The summed E-state index contributed by atoms with van der Waals surface area (Å²) in [5, 5.41) is 11.2. The van der Waals surface area contributed by atoms with Crippen LogP contribution in [0.2, 0.25) is 0 Å². The molecule has 0 spiro atoms. The van der Waals surface area contributed by atoms with E-state index in [1.165, 1.54) is 6.26 Å². The number of para-hydroxylation sites is 1. The lowest BCUT2D eigenvalue weighted by Crippen LogP contribution is -2.14. The van der Waals surface area contributed by atoms with Gasteiger partial charge in [-0.15, -0.1) is 10.2 Å². The standard InChI is InChI=1S/C14H20N4O2S/c1-11(2)14-17-16-10-18(14)9-8-15-12-6-4-5-7-13(12)21(3,19)20/h4-7,10-11,15H,8-9H2,1-3H3. The van der Waals surface area contributed by atoms with E-state index >= 15 is 0 Å². The number of benzene rings is 1. The van der Waals surface area contributed by atoms with Gasteiger partial charge in [-0.05, 0) is 12.1 Å². The molecule has 7 heteroatoms. The minimum absolute atomic E-state index is 0.302. The number of anilines is 1. The summed E-state index contributed by atoms with van der Waals surface area (Å²) in [7, 11) is -3.23. The molecule has 0 fully saturated rings. The molecule has 114 valence electrons. The average Bonchev–Trinajstić information content (AvgIpc) is 2.87. The van der Waals surface area contributed by atoms with Crippen molar-refractivity contribution in [1.29, 1.82) is 0 Å². The molecule has 0 saturated carbocycles. The summed E-state index contributed by atoms with van der Waals surface area (Å²) >= 11 is 0. The van der Waals surface area contributed by atoms with E-state index in [1.807, 2.05) is 10.6 Å². The maximum absolute atomic E-state index is 11.7. The third kappa shape index (κ3) is 3.81. The van der Waals surface area contributed by atoms with E-state index in [2.05, 4.69) is 29.4 Å². The molecule has 2 rings (SSSR count). The van der Waals surface area contributed by atoms with E-state index in [9.17, 15) is 8.42 Å². The van der Waals surface area contributed by atoms with Crippen molar-refractivity contribution in [2.75, 3.05) is 18.1 Å². The van der Waals surface area contributed by atoms with Crippen LogP contribution >= 0.6 is 0 Å². The Balaban J connectivity index is 2.06. The second kappa shape index (κ2) is 6.26. The summed E-state index contributed by atoms with van der Waals surface area (Å²) in [6.07, 6.45) is 2.91. The van der Waals surface area contributed by atoms with Gasteiger partial charge in [0.1, 0.15) is 12.2 Å². The molecule has 0 atom stereocenters. The van der Waals surface area contributed by atoms with Crippen LogP contribution in [-0.4, -0.2) is 36.0 Å². The quantitative estimate of drug-likeness (QED) is 0.882. The van der Waals surface area contributed by atoms with Gasteiger partial charge in [0, 0.05) is 25.3 Å². The first-order valence-electron chi connectivity index (χ1n) is 6.80. The summed E-state index contributed by atoms with van der Waals surface area (Å²) < 4.78 is 25.4. The van der Waals surface area contributed by atoms with Gasteiger partial charge in [-0.25, -0.2) is 8.42 Å². The Hall–Kier alpha value is -1.89. The van der Waals surface area contributed by atoms with Crippen LogP contribution in [0.25, 0.3) is 0 Å². The van der Waals surface area contributed by atoms with E-state index in [0.29, 0.717) is 29.6 Å². The monoisotopic (exact) mass is 308 g/mol. The fourth-order valence-corrected chi connectivity index (χ4v) is 3.00. The number of hydrogen-bond acceptors (Lipinski definition) is 5. The maximum Gasteiger partial charge on any atom is 0.177 e. The highest BCUT2D eigenvalue weighted by Gasteiger charge is 2.12. The third-order valence-corrected chi connectivity index (χ3v) is 4.27. The van der Waals surface area contributed by atoms with E-state index in [-0.39, 0.29) is 0 Å². The number of rotatable bonds is 6. The van der Waals surface area contributed by atoms with Crippen molar-refractivity contribution in [3.8, 4) is 0 Å². The van der Waals surface area contributed by atoms with Gasteiger partial charge < -0.3 is 9.88 Å². The fourth-order valence-electron chi connectivity index (χ4n) is 2.13. The van der Waals surface area contributed by atoms with Gasteiger partial charge in [0.05, 0.1) is 10.6 Å². The predicted octanol–water partition coefficient (Wildman–Crippen LogP) is 1.92. The van der Waals surface area contributed by atoms with Gasteiger partial charge in [-0.2, -0.15) is 0 Å². The zero-order valence-corrected chi connectivity index (χ0v) is 13.3. The molecule has 0 bridgehead atoms. The lowest BCUT2D eigenvalue weighted by molar-refractivity contribution is 0.602. The van der Waals surface area contributed by atoms with Crippen LogP contribution in [0.1, 0.15) is 25.6 Å². The van der Waals surface area contributed by atoms with Crippen molar-refractivity contribution in [3.05, 3.63) is 36.4 Å². The molecule has 0 radical (unpaired) electrons. The SMILES string of the molecule is CC(C)c1nncn1CCNc1ccccc1S(C)(=O)=O. The zero-order chi connectivity index (χ0) is 15.5. The number of hydrogen-bond donors (Lipinski definition) is 1. The molecule has 0 saturated heterocycles. The van der Waals surface area contributed by atoms with Crippen molar-refractivity contribution >= 4 is 15.5 Å². The normalized spacial score (nSPS) is 11.8. The molecule has 21 heavy (non-hydrogen) atoms. The molecule has 2 aromatic rings. The van der Waals surface area contributed by atoms with Gasteiger partial charge in [0.25, 0.3) is 0 Å². The highest BCUT2D eigenvalue weighted by Crippen LogP contribution is 2.20. The van der Waals surface area contributed by atoms with E-state index < -0.39 is 9.84 Å². The molecule has 0 aliphatic rings. The summed E-state index contributed by atoms with van der Waals surface area (Å²) in [6.45, 7) is 5.41. The van der Waals surface area contributed by atoms with Crippen molar-refractivity contribution in [3.63, 3.8) is 0 Å². The molecule has 1 aromatic heterocycles. The van der Waals surface area contributed by atoms with Gasteiger partial charge >= 0.3 is 0 Å². The number of nitrogens with one attached hydrogen (secondary N) is 1. The summed E-state index contributed by atoms with van der Waals surface area (Å²) in [5.41, 5.74) is 0.624. The van der Waals surface area contributed by atoms with Crippen molar-refractivity contribution in [1.82, 2.24) is 14.8 Å². The fraction of sp³-hybridized carbons (Fsp3) is 0.429. The van der Waals surface area contributed by atoms with Crippen LogP contribution in [0.15, 0.2) is 35.5 Å². The van der Waals surface area contributed by atoms with Crippen LogP contribution in [0.3, 0.4) is 0 Å². The number of nitrogens with zero attached hydrogens (tertiary/aromatic N) is 3. The summed E-state index contributed by atoms with van der Waals surface area (Å²) in [5.74, 6) is 1.23. The first-order chi connectivity index (χ1) is 9.89. The Bertz CT molecular complexity index is 707. The Morgan fingerprint density at radius 2 is 2.00 bits per heavy atom. The highest BCUT2D eigenvalue weighted by molar-refractivity contribution is 7.90. The topological polar surface area (TPSA) is 76.9 Å². The van der Waals surface area contributed by atoms with Crippen LogP contribution in [0.4, 0.5) is 5.69 Å². The van der Waals surface area contributed by atoms with Gasteiger partial charge in [-0.3, -0.25) is 0 Å². The zero-order valence-electron chi connectivity index (χ0n) is 12.4. The molecule has 0 aliphatic heterocycles. The van der Waals surface area contributed by atoms with Crippen LogP contribution in [0.5, 0.6) is 0 Å². The lowest BCUT2D eigenvalue weighted by atomic mass is 10.2. The Labute approximate surface area is 125 Å². The molecule has 0 aliphatic carbocycles. The smallest absolute Gasteiger partial charge is 0.177 e. The third-order valence-electron chi connectivity index (χ3n) is 3.12. The van der Waals surface area contributed by atoms with Crippen molar-refractivity contribution < 1.29 is 8.42 Å². The highest BCUT2D eigenvalue weighted by atomic mass is 32.2. The maximum atomic E-state index is 11.7. The van der Waals surface area contributed by atoms with Crippen LogP contribution in [0, 0.1) is 0 Å². The minimum atomic E-state index is -3.23. The molecule has 0 amide bonds. The first-order valence-corrected chi connectivity index (χ1v) is 8.69. The van der Waals surface area contributed by atoms with Gasteiger partial charge in [0.2, 0.25) is 0 Å². The van der Waals surface area contributed by atoms with Crippen molar-refractivity contribution in [2.24, 2.45) is 0 Å². The number of sulfone groups is 1. The first kappa shape index (κ1) is 15.5. The summed E-state index contributed by atoms with van der Waals surface area (Å²) in [4.78, 5) is 0.317. The number of aromatic nitrogens is 3. The van der Waals surface area contributed by atoms with E-state index in [4.69, 9.17) is 0 Å². The Kier molecular flexibility index (Phi) is 4.62. The molecule has 1 N–H and O–H groups in total. The van der Waals surface area contributed by atoms with Gasteiger partial charge in [0.15, 0.2) is 9.84 Å². The molecular weight excluding hydrogens is 288 g/mol. The average molecular weight is 308 g/mol.